The summed E-state index contributed by atoms with van der Waals surface area (Å²) in [5.74, 6) is 0.730. The summed E-state index contributed by atoms with van der Waals surface area (Å²) in [4.78, 5) is 4.11. The SMILES string of the molecule is OCC1CC(N2CNC3=C(O)N4C=CNC4NC32)C1. The van der Waals surface area contributed by atoms with Crippen LogP contribution in [0.15, 0.2) is 24.0 Å². The predicted octanol–water partition coefficient (Wildman–Crippen LogP) is -1.06. The Morgan fingerprint density at radius 3 is 3.00 bits per heavy atom. The highest BCUT2D eigenvalue weighted by atomic mass is 16.3. The number of fused-ring (bicyclic) bond motifs is 2. The van der Waals surface area contributed by atoms with Crippen molar-refractivity contribution in [3.63, 3.8) is 0 Å². The number of hydrogen-bond acceptors (Lipinski definition) is 7. The summed E-state index contributed by atoms with van der Waals surface area (Å²) < 4.78 is 0. The van der Waals surface area contributed by atoms with Gasteiger partial charge < -0.3 is 20.8 Å². The van der Waals surface area contributed by atoms with E-state index in [1.165, 1.54) is 0 Å². The molecule has 0 aromatic carbocycles. The lowest BCUT2D eigenvalue weighted by Crippen LogP contribution is -2.61. The average Bonchev–Trinajstić information content (AvgIpc) is 2.96. The average molecular weight is 265 g/mol. The second-order valence-corrected chi connectivity index (χ2v) is 5.62. The number of nitrogens with one attached hydrogen (secondary N) is 3. The van der Waals surface area contributed by atoms with Gasteiger partial charge in [0, 0.05) is 25.0 Å². The van der Waals surface area contributed by atoms with Gasteiger partial charge in [0.2, 0.25) is 5.88 Å². The lowest BCUT2D eigenvalue weighted by atomic mass is 9.80. The molecule has 0 aromatic rings. The van der Waals surface area contributed by atoms with Crippen LogP contribution in [0.3, 0.4) is 0 Å². The molecule has 1 saturated heterocycles. The van der Waals surface area contributed by atoms with Gasteiger partial charge in [-0.05, 0) is 18.8 Å². The maximum Gasteiger partial charge on any atom is 0.216 e. The fourth-order valence-corrected chi connectivity index (χ4v) is 3.36. The van der Waals surface area contributed by atoms with E-state index in [2.05, 4.69) is 20.9 Å². The standard InChI is InChI=1S/C12H19N5O2/c18-5-7-3-8(4-7)17-6-14-9-10(17)15-12-13-1-2-16(12)11(9)19/h1-2,7-8,10,12-15,18-19H,3-6H2. The van der Waals surface area contributed by atoms with Gasteiger partial charge in [-0.3, -0.25) is 15.1 Å². The first-order chi connectivity index (χ1) is 9.28. The number of aliphatic hydroxyl groups excluding tert-OH is 2. The third-order valence-electron chi connectivity index (χ3n) is 4.56. The summed E-state index contributed by atoms with van der Waals surface area (Å²) >= 11 is 0. The van der Waals surface area contributed by atoms with Crippen molar-refractivity contribution in [1.29, 1.82) is 0 Å². The maximum atomic E-state index is 10.3. The van der Waals surface area contributed by atoms with Gasteiger partial charge in [0.15, 0.2) is 6.29 Å². The van der Waals surface area contributed by atoms with Crippen molar-refractivity contribution < 1.29 is 10.2 Å². The van der Waals surface area contributed by atoms with E-state index in [9.17, 15) is 5.11 Å². The molecule has 3 aliphatic heterocycles. The van der Waals surface area contributed by atoms with Crippen LogP contribution in [0.2, 0.25) is 0 Å². The summed E-state index contributed by atoms with van der Waals surface area (Å²) in [5.41, 5.74) is 0.844. The van der Waals surface area contributed by atoms with Gasteiger partial charge in [-0.25, -0.2) is 0 Å². The molecule has 0 aromatic heterocycles. The second-order valence-electron chi connectivity index (χ2n) is 5.62. The van der Waals surface area contributed by atoms with E-state index in [1.807, 2.05) is 12.4 Å². The number of aliphatic hydroxyl groups is 2. The van der Waals surface area contributed by atoms with Crippen LogP contribution in [0.25, 0.3) is 0 Å². The maximum absolute atomic E-state index is 10.3. The van der Waals surface area contributed by atoms with Crippen molar-refractivity contribution in [3.05, 3.63) is 24.0 Å². The third-order valence-corrected chi connectivity index (χ3v) is 4.56. The molecule has 5 N–H and O–H groups in total. The fraction of sp³-hybridized carbons (Fsp3) is 0.667. The Morgan fingerprint density at radius 1 is 1.37 bits per heavy atom. The van der Waals surface area contributed by atoms with Gasteiger partial charge in [0.1, 0.15) is 11.9 Å². The summed E-state index contributed by atoms with van der Waals surface area (Å²) in [6.07, 6.45) is 5.66. The Hall–Kier alpha value is -1.44. The molecule has 3 heterocycles. The van der Waals surface area contributed by atoms with Gasteiger partial charge >= 0.3 is 0 Å². The Balaban J connectivity index is 1.54. The van der Waals surface area contributed by atoms with E-state index >= 15 is 0 Å². The summed E-state index contributed by atoms with van der Waals surface area (Å²) in [6.45, 7) is 1.02. The summed E-state index contributed by atoms with van der Waals surface area (Å²) in [5, 5.41) is 29.3. The van der Waals surface area contributed by atoms with E-state index in [0.717, 1.165) is 25.2 Å². The van der Waals surface area contributed by atoms with Crippen LogP contribution in [0, 0.1) is 5.92 Å². The van der Waals surface area contributed by atoms with Gasteiger partial charge in [0.05, 0.1) is 6.67 Å². The molecule has 0 bridgehead atoms. The molecule has 4 rings (SSSR count). The van der Waals surface area contributed by atoms with E-state index in [0.29, 0.717) is 12.0 Å². The number of nitrogens with zero attached hydrogens (tertiary/aromatic N) is 2. The first kappa shape index (κ1) is 11.4. The van der Waals surface area contributed by atoms with Crippen molar-refractivity contribution >= 4 is 0 Å². The minimum atomic E-state index is -0.0788. The van der Waals surface area contributed by atoms with Gasteiger partial charge in [0.25, 0.3) is 0 Å². The monoisotopic (exact) mass is 265 g/mol. The zero-order valence-electron chi connectivity index (χ0n) is 10.6. The van der Waals surface area contributed by atoms with Crippen LogP contribution >= 0.6 is 0 Å². The Morgan fingerprint density at radius 2 is 2.21 bits per heavy atom. The van der Waals surface area contributed by atoms with Crippen LogP contribution in [-0.4, -0.2) is 51.8 Å². The highest BCUT2D eigenvalue weighted by molar-refractivity contribution is 5.24. The summed E-state index contributed by atoms with van der Waals surface area (Å²) in [6, 6.07) is 0.480. The van der Waals surface area contributed by atoms with Crippen LogP contribution in [0.5, 0.6) is 0 Å². The van der Waals surface area contributed by atoms with Gasteiger partial charge in [-0.15, -0.1) is 0 Å². The largest absolute Gasteiger partial charge is 0.493 e. The van der Waals surface area contributed by atoms with Gasteiger partial charge in [-0.2, -0.15) is 0 Å². The highest BCUT2D eigenvalue weighted by Gasteiger charge is 2.46. The van der Waals surface area contributed by atoms with E-state index in [4.69, 9.17) is 5.11 Å². The predicted molar refractivity (Wildman–Crippen MR) is 67.9 cm³/mol. The molecule has 1 saturated carbocycles. The minimum absolute atomic E-state index is 0.0262. The first-order valence-corrected chi connectivity index (χ1v) is 6.78. The molecule has 19 heavy (non-hydrogen) atoms. The molecule has 1 aliphatic carbocycles. The van der Waals surface area contributed by atoms with Crippen LogP contribution in [0.1, 0.15) is 12.8 Å². The topological polar surface area (TPSA) is 83.0 Å². The van der Waals surface area contributed by atoms with Crippen LogP contribution in [0.4, 0.5) is 0 Å². The summed E-state index contributed by atoms with van der Waals surface area (Å²) in [7, 11) is 0. The molecule has 0 amide bonds. The quantitative estimate of drug-likeness (QED) is 0.435. The molecule has 2 unspecified atom stereocenters. The van der Waals surface area contributed by atoms with E-state index in [1.54, 1.807) is 4.90 Å². The lowest BCUT2D eigenvalue weighted by Gasteiger charge is -2.44. The Kier molecular flexibility index (Phi) is 2.41. The van der Waals surface area contributed by atoms with E-state index < -0.39 is 0 Å². The van der Waals surface area contributed by atoms with Crippen LogP contribution in [-0.2, 0) is 0 Å². The Labute approximate surface area is 111 Å². The molecular formula is C12H19N5O2. The first-order valence-electron chi connectivity index (χ1n) is 6.78. The van der Waals surface area contributed by atoms with Crippen molar-refractivity contribution in [2.24, 2.45) is 5.92 Å². The molecule has 2 atom stereocenters. The van der Waals surface area contributed by atoms with Gasteiger partial charge in [-0.1, -0.05) is 0 Å². The normalized spacial score (nSPS) is 40.6. The lowest BCUT2D eigenvalue weighted by molar-refractivity contribution is 0.0158. The molecule has 104 valence electrons. The third kappa shape index (κ3) is 1.55. The smallest absolute Gasteiger partial charge is 0.216 e. The second kappa shape index (κ2) is 4.03. The molecule has 2 fully saturated rings. The molecule has 7 nitrogen and oxygen atoms in total. The molecular weight excluding hydrogens is 246 g/mol. The van der Waals surface area contributed by atoms with Crippen molar-refractivity contribution in [1.82, 2.24) is 25.8 Å². The zero-order chi connectivity index (χ0) is 13.0. The van der Waals surface area contributed by atoms with Crippen molar-refractivity contribution in [2.75, 3.05) is 13.3 Å². The van der Waals surface area contributed by atoms with E-state index in [-0.39, 0.29) is 24.9 Å². The highest BCUT2D eigenvalue weighted by Crippen LogP contribution is 2.36. The number of rotatable bonds is 2. The minimum Gasteiger partial charge on any atom is -0.493 e. The number of hydrogen-bond donors (Lipinski definition) is 5. The molecule has 4 aliphatic rings. The fourth-order valence-electron chi connectivity index (χ4n) is 3.36. The molecule has 0 radical (unpaired) electrons. The zero-order valence-corrected chi connectivity index (χ0v) is 10.6. The Bertz CT molecular complexity index is 445. The molecule has 7 heteroatoms. The van der Waals surface area contributed by atoms with Crippen molar-refractivity contribution in [2.45, 2.75) is 31.3 Å². The van der Waals surface area contributed by atoms with Crippen molar-refractivity contribution in [3.8, 4) is 0 Å². The molecule has 0 spiro atoms. The van der Waals surface area contributed by atoms with Crippen LogP contribution < -0.4 is 16.0 Å².